The molecule has 2 unspecified atom stereocenters. The molecule has 0 aliphatic rings. The molecule has 0 spiro atoms. The van der Waals surface area contributed by atoms with Crippen molar-refractivity contribution in [2.75, 3.05) is 0 Å². The van der Waals surface area contributed by atoms with E-state index < -0.39 is 3.79 Å². The van der Waals surface area contributed by atoms with E-state index in [4.69, 9.17) is 46.4 Å². The van der Waals surface area contributed by atoms with Gasteiger partial charge in [-0.3, -0.25) is 0 Å². The van der Waals surface area contributed by atoms with E-state index in [0.717, 1.165) is 12.8 Å². The molecule has 1 radical (unpaired) electrons. The minimum atomic E-state index is -1.19. The Morgan fingerprint density at radius 2 is 1.83 bits per heavy atom. The normalized spacial score (nSPS) is 17.5. The number of halogens is 4. The molecule has 4 heteroatoms. The summed E-state index contributed by atoms with van der Waals surface area (Å²) < 4.78 is -1.19. The summed E-state index contributed by atoms with van der Waals surface area (Å²) in [7, 11) is 0. The van der Waals surface area contributed by atoms with Crippen molar-refractivity contribution in [1.82, 2.24) is 0 Å². The summed E-state index contributed by atoms with van der Waals surface area (Å²) in [6.45, 7) is 5.70. The SMILES string of the molecule is [CH2]CCC(Cl)C(C)CC(Cl)(Cl)Cl. The third-order valence-corrected chi connectivity index (χ3v) is 2.76. The zero-order valence-corrected chi connectivity index (χ0v) is 10.0. The van der Waals surface area contributed by atoms with Gasteiger partial charge in [-0.1, -0.05) is 55.1 Å². The first-order chi connectivity index (χ1) is 5.37. The quantitative estimate of drug-likeness (QED) is 0.640. The molecule has 0 amide bonds. The van der Waals surface area contributed by atoms with E-state index in [1.165, 1.54) is 0 Å². The Hall–Kier alpha value is 1.16. The van der Waals surface area contributed by atoms with Gasteiger partial charge in [-0.2, -0.15) is 0 Å². The lowest BCUT2D eigenvalue weighted by Crippen LogP contribution is -2.18. The molecule has 0 fully saturated rings. The van der Waals surface area contributed by atoms with Gasteiger partial charge in [0, 0.05) is 5.38 Å². The highest BCUT2D eigenvalue weighted by Crippen LogP contribution is 2.36. The van der Waals surface area contributed by atoms with Crippen molar-refractivity contribution in [2.24, 2.45) is 5.92 Å². The molecule has 0 aromatic carbocycles. The summed E-state index contributed by atoms with van der Waals surface area (Å²) in [5.74, 6) is 0.209. The number of hydrogen-bond acceptors (Lipinski definition) is 0. The fraction of sp³-hybridized carbons (Fsp3) is 0.875. The van der Waals surface area contributed by atoms with Gasteiger partial charge in [-0.25, -0.2) is 0 Å². The van der Waals surface area contributed by atoms with Gasteiger partial charge < -0.3 is 0 Å². The van der Waals surface area contributed by atoms with E-state index in [9.17, 15) is 0 Å². The van der Waals surface area contributed by atoms with Crippen molar-refractivity contribution in [1.29, 1.82) is 0 Å². The van der Waals surface area contributed by atoms with Crippen LogP contribution in [0.25, 0.3) is 0 Å². The van der Waals surface area contributed by atoms with Crippen molar-refractivity contribution < 1.29 is 0 Å². The molecule has 0 nitrogen and oxygen atoms in total. The van der Waals surface area contributed by atoms with Gasteiger partial charge >= 0.3 is 0 Å². The van der Waals surface area contributed by atoms with Crippen molar-refractivity contribution in [3.05, 3.63) is 6.92 Å². The van der Waals surface area contributed by atoms with E-state index in [0.29, 0.717) is 6.42 Å². The van der Waals surface area contributed by atoms with Gasteiger partial charge in [0.15, 0.2) is 3.79 Å². The number of alkyl halides is 4. The number of rotatable bonds is 4. The molecule has 0 saturated heterocycles. The molecule has 0 aromatic heterocycles. The van der Waals surface area contributed by atoms with Crippen molar-refractivity contribution in [3.8, 4) is 0 Å². The van der Waals surface area contributed by atoms with Gasteiger partial charge in [0.2, 0.25) is 0 Å². The molecule has 0 aliphatic heterocycles. The highest BCUT2D eigenvalue weighted by molar-refractivity contribution is 6.67. The molecule has 73 valence electrons. The van der Waals surface area contributed by atoms with Crippen LogP contribution in [0.5, 0.6) is 0 Å². The lowest BCUT2D eigenvalue weighted by atomic mass is 10.0. The second-order valence-corrected chi connectivity index (χ2v) is 6.03. The molecular weight excluding hydrogens is 238 g/mol. The van der Waals surface area contributed by atoms with E-state index in [2.05, 4.69) is 6.92 Å². The summed E-state index contributed by atoms with van der Waals surface area (Å²) in [5, 5.41) is 0.0538. The summed E-state index contributed by atoms with van der Waals surface area (Å²) in [6.07, 6.45) is 2.17. The Kier molecular flexibility index (Phi) is 6.36. The second kappa shape index (κ2) is 5.80. The zero-order valence-electron chi connectivity index (χ0n) is 6.99. The molecule has 0 saturated carbocycles. The Labute approximate surface area is 94.5 Å². The molecule has 0 bridgehead atoms. The molecule has 0 aromatic rings. The Morgan fingerprint density at radius 3 is 2.17 bits per heavy atom. The number of hydrogen-bond donors (Lipinski definition) is 0. The highest BCUT2D eigenvalue weighted by atomic mass is 35.6. The predicted molar refractivity (Wildman–Crippen MR) is 58.3 cm³/mol. The molecule has 0 rings (SSSR count). The van der Waals surface area contributed by atoms with Crippen LogP contribution in [0.3, 0.4) is 0 Å². The third-order valence-electron chi connectivity index (χ3n) is 1.65. The molecular formula is C8H13Cl4. The topological polar surface area (TPSA) is 0 Å². The Balaban J connectivity index is 3.78. The van der Waals surface area contributed by atoms with Crippen LogP contribution in [0.2, 0.25) is 0 Å². The van der Waals surface area contributed by atoms with Gasteiger partial charge in [0.25, 0.3) is 0 Å². The van der Waals surface area contributed by atoms with E-state index in [1.807, 2.05) is 6.92 Å². The van der Waals surface area contributed by atoms with Crippen molar-refractivity contribution >= 4 is 46.4 Å². The van der Waals surface area contributed by atoms with Gasteiger partial charge in [-0.15, -0.1) is 11.6 Å². The zero-order chi connectivity index (χ0) is 9.78. The maximum absolute atomic E-state index is 6.02. The monoisotopic (exact) mass is 249 g/mol. The van der Waals surface area contributed by atoms with Crippen LogP contribution in [0, 0.1) is 12.8 Å². The second-order valence-electron chi connectivity index (χ2n) is 2.95. The summed E-state index contributed by atoms with van der Waals surface area (Å²) in [5.41, 5.74) is 0. The molecule has 0 N–H and O–H groups in total. The lowest BCUT2D eigenvalue weighted by molar-refractivity contribution is 0.490. The minimum Gasteiger partial charge on any atom is -0.123 e. The third kappa shape index (κ3) is 6.65. The van der Waals surface area contributed by atoms with Crippen LogP contribution >= 0.6 is 46.4 Å². The fourth-order valence-electron chi connectivity index (χ4n) is 0.972. The Bertz CT molecular complexity index is 119. The first-order valence-electron chi connectivity index (χ1n) is 3.87. The predicted octanol–water partition coefficient (Wildman–Crippen LogP) is 4.60. The highest BCUT2D eigenvalue weighted by Gasteiger charge is 2.26. The summed E-state index contributed by atoms with van der Waals surface area (Å²) in [6, 6.07) is 0. The first-order valence-corrected chi connectivity index (χ1v) is 5.44. The smallest absolute Gasteiger partial charge is 0.123 e. The van der Waals surface area contributed by atoms with Crippen LogP contribution < -0.4 is 0 Å². The van der Waals surface area contributed by atoms with E-state index in [-0.39, 0.29) is 11.3 Å². The van der Waals surface area contributed by atoms with Crippen LogP contribution in [0.15, 0.2) is 0 Å². The average Bonchev–Trinajstić information content (AvgIpc) is 1.84. The van der Waals surface area contributed by atoms with Gasteiger partial charge in [0.05, 0.1) is 0 Å². The minimum absolute atomic E-state index is 0.0538. The average molecular weight is 251 g/mol. The molecule has 0 aliphatic carbocycles. The molecule has 12 heavy (non-hydrogen) atoms. The Morgan fingerprint density at radius 1 is 1.33 bits per heavy atom. The van der Waals surface area contributed by atoms with Crippen molar-refractivity contribution in [2.45, 2.75) is 35.4 Å². The molecule has 2 atom stereocenters. The fourth-order valence-corrected chi connectivity index (χ4v) is 1.95. The largest absolute Gasteiger partial charge is 0.190 e. The maximum atomic E-state index is 6.02. The van der Waals surface area contributed by atoms with Gasteiger partial charge in [-0.05, 0) is 18.8 Å². The molecule has 0 heterocycles. The summed E-state index contributed by atoms with van der Waals surface area (Å²) in [4.78, 5) is 0. The van der Waals surface area contributed by atoms with Crippen molar-refractivity contribution in [3.63, 3.8) is 0 Å². The van der Waals surface area contributed by atoms with Crippen LogP contribution in [-0.4, -0.2) is 9.17 Å². The lowest BCUT2D eigenvalue weighted by Gasteiger charge is -2.21. The van der Waals surface area contributed by atoms with E-state index in [1.54, 1.807) is 0 Å². The summed E-state index contributed by atoms with van der Waals surface area (Å²) >= 11 is 22.9. The maximum Gasteiger partial charge on any atom is 0.190 e. The standard InChI is InChI=1S/C8H13Cl4/c1-3-4-7(9)6(2)5-8(10,11)12/h6-7H,1,3-5H2,2H3. The van der Waals surface area contributed by atoms with Crippen LogP contribution in [0.4, 0.5) is 0 Å². The van der Waals surface area contributed by atoms with Crippen LogP contribution in [0.1, 0.15) is 26.2 Å². The van der Waals surface area contributed by atoms with Gasteiger partial charge in [0.1, 0.15) is 0 Å². The van der Waals surface area contributed by atoms with Crippen LogP contribution in [-0.2, 0) is 0 Å². The van der Waals surface area contributed by atoms with E-state index >= 15 is 0 Å². The first kappa shape index (κ1) is 13.2.